The monoisotopic (exact) mass is 465 g/mol. The molecule has 0 bridgehead atoms. The van der Waals surface area contributed by atoms with Gasteiger partial charge < -0.3 is 10.1 Å². The lowest BCUT2D eigenvalue weighted by Crippen LogP contribution is -2.55. The molecule has 4 aromatic rings. The number of carbonyl (C=O) groups excluding carboxylic acids is 1. The van der Waals surface area contributed by atoms with Gasteiger partial charge in [0.25, 0.3) is 11.5 Å². The Kier molecular flexibility index (Phi) is 4.65. The zero-order chi connectivity index (χ0) is 23.4. The number of imidazole rings is 1. The van der Waals surface area contributed by atoms with Crippen molar-refractivity contribution >= 4 is 22.3 Å². The third-order valence-corrected chi connectivity index (χ3v) is 7.11. The molecule has 34 heavy (non-hydrogen) atoms. The number of H-pyrrole nitrogens is 1. The van der Waals surface area contributed by atoms with Crippen LogP contribution in [0.2, 0.25) is 0 Å². The lowest BCUT2D eigenvalue weighted by Gasteiger charge is -2.57. The van der Waals surface area contributed by atoms with Gasteiger partial charge in [0.1, 0.15) is 17.1 Å². The molecule has 2 fully saturated rings. The molecule has 0 aliphatic heterocycles. The van der Waals surface area contributed by atoms with Crippen LogP contribution in [0.15, 0.2) is 53.6 Å². The number of rotatable bonds is 5. The largest absolute Gasteiger partial charge is 0.435 e. The quantitative estimate of drug-likeness (QED) is 0.469. The molecule has 2 aliphatic carbocycles. The van der Waals surface area contributed by atoms with Gasteiger partial charge in [0.05, 0.1) is 17.3 Å². The molecule has 6 rings (SSSR count). The third kappa shape index (κ3) is 3.41. The molecular formula is C24H21F2N5O3. The number of pyridine rings is 1. The molecule has 0 unspecified atom stereocenters. The summed E-state index contributed by atoms with van der Waals surface area (Å²) < 4.78 is 30.8. The maximum atomic E-state index is 12.8. The van der Waals surface area contributed by atoms with Gasteiger partial charge in [-0.3, -0.25) is 14.0 Å². The van der Waals surface area contributed by atoms with Crippen molar-refractivity contribution < 1.29 is 18.3 Å². The van der Waals surface area contributed by atoms with Crippen LogP contribution in [0.1, 0.15) is 47.8 Å². The Bertz CT molecular complexity index is 1470. The Balaban J connectivity index is 1.09. The SMILES string of the molecule is O=C(NC1CC2(C1)CC(c1n[nH]c(=O)c3ccccc13)C2)c1cnc2cc(OC(F)F)ccn12. The second-order valence-corrected chi connectivity index (χ2v) is 9.28. The molecule has 0 radical (unpaired) electrons. The van der Waals surface area contributed by atoms with Gasteiger partial charge >= 0.3 is 6.61 Å². The van der Waals surface area contributed by atoms with Crippen molar-refractivity contribution in [3.63, 3.8) is 0 Å². The highest BCUT2D eigenvalue weighted by molar-refractivity contribution is 5.93. The van der Waals surface area contributed by atoms with Crippen LogP contribution in [0, 0.1) is 5.41 Å². The minimum Gasteiger partial charge on any atom is -0.435 e. The standard InChI is InChI=1S/C24H21F2N5O3/c25-23(26)34-15-5-6-31-18(12-27-19(31)7-15)22(33)28-14-10-24(11-14)8-13(9-24)20-16-3-1-2-4-17(16)21(32)30-29-20/h1-7,12-14,23H,8-11H2,(H,28,33)(H,30,32). The van der Waals surface area contributed by atoms with Crippen molar-refractivity contribution in [3.05, 3.63) is 70.5 Å². The lowest BCUT2D eigenvalue weighted by atomic mass is 9.49. The summed E-state index contributed by atoms with van der Waals surface area (Å²) in [5.74, 6) is 0.0335. The van der Waals surface area contributed by atoms with E-state index < -0.39 is 6.61 Å². The number of nitrogens with zero attached hydrogens (tertiary/aromatic N) is 3. The number of hydrogen-bond acceptors (Lipinski definition) is 5. The number of aromatic nitrogens is 4. The molecule has 0 saturated heterocycles. The smallest absolute Gasteiger partial charge is 0.387 e. The highest BCUT2D eigenvalue weighted by Gasteiger charge is 2.54. The Morgan fingerprint density at radius 2 is 1.94 bits per heavy atom. The van der Waals surface area contributed by atoms with E-state index in [1.807, 2.05) is 24.3 Å². The first kappa shape index (κ1) is 20.8. The van der Waals surface area contributed by atoms with Crippen LogP contribution in [0.3, 0.4) is 0 Å². The second-order valence-electron chi connectivity index (χ2n) is 9.28. The summed E-state index contributed by atoms with van der Waals surface area (Å²) in [6.07, 6.45) is 6.65. The van der Waals surface area contributed by atoms with Gasteiger partial charge in [-0.2, -0.15) is 13.9 Å². The number of carbonyl (C=O) groups is 1. The Hall–Kier alpha value is -3.82. The molecule has 174 valence electrons. The van der Waals surface area contributed by atoms with E-state index in [2.05, 4.69) is 25.2 Å². The first-order valence-electron chi connectivity index (χ1n) is 11.1. The molecular weight excluding hydrogens is 444 g/mol. The third-order valence-electron chi connectivity index (χ3n) is 7.11. The molecule has 2 saturated carbocycles. The minimum atomic E-state index is -2.92. The molecule has 2 N–H and O–H groups in total. The predicted octanol–water partition coefficient (Wildman–Crippen LogP) is 3.63. The van der Waals surface area contributed by atoms with Crippen LogP contribution in [-0.2, 0) is 0 Å². The number of fused-ring (bicyclic) bond motifs is 2. The lowest BCUT2D eigenvalue weighted by molar-refractivity contribution is -0.0498. The van der Waals surface area contributed by atoms with Gasteiger partial charge in [0.15, 0.2) is 0 Å². The highest BCUT2D eigenvalue weighted by atomic mass is 19.3. The maximum absolute atomic E-state index is 12.8. The van der Waals surface area contributed by atoms with Crippen LogP contribution in [0.4, 0.5) is 8.78 Å². The normalized spacial score (nSPS) is 23.7. The first-order valence-corrected chi connectivity index (χ1v) is 11.1. The molecule has 1 spiro atoms. The molecule has 0 atom stereocenters. The summed E-state index contributed by atoms with van der Waals surface area (Å²) in [4.78, 5) is 29.0. The second kappa shape index (κ2) is 7.61. The molecule has 3 aromatic heterocycles. The fourth-order valence-corrected chi connectivity index (χ4v) is 5.61. The number of aromatic amines is 1. The number of alkyl halides is 2. The number of amides is 1. The first-order chi connectivity index (χ1) is 16.4. The van der Waals surface area contributed by atoms with E-state index >= 15 is 0 Å². The van der Waals surface area contributed by atoms with Crippen molar-refractivity contribution in [2.75, 3.05) is 0 Å². The maximum Gasteiger partial charge on any atom is 0.387 e. The van der Waals surface area contributed by atoms with Gasteiger partial charge in [0, 0.05) is 29.6 Å². The van der Waals surface area contributed by atoms with E-state index in [1.165, 1.54) is 24.5 Å². The van der Waals surface area contributed by atoms with Crippen molar-refractivity contribution in [2.24, 2.45) is 5.41 Å². The van der Waals surface area contributed by atoms with Gasteiger partial charge in [-0.1, -0.05) is 18.2 Å². The average molecular weight is 465 g/mol. The van der Waals surface area contributed by atoms with E-state index in [-0.39, 0.29) is 28.7 Å². The summed E-state index contributed by atoms with van der Waals surface area (Å²) in [5.41, 5.74) is 1.66. The number of hydrogen-bond donors (Lipinski definition) is 2. The Morgan fingerprint density at radius 3 is 2.71 bits per heavy atom. The summed E-state index contributed by atoms with van der Waals surface area (Å²) in [6, 6.07) is 10.3. The zero-order valence-electron chi connectivity index (χ0n) is 18.0. The van der Waals surface area contributed by atoms with E-state index in [9.17, 15) is 18.4 Å². The topological polar surface area (TPSA) is 101 Å². The van der Waals surface area contributed by atoms with Crippen molar-refractivity contribution in [1.82, 2.24) is 24.9 Å². The summed E-state index contributed by atoms with van der Waals surface area (Å²) in [5, 5.41) is 11.6. The predicted molar refractivity (Wildman–Crippen MR) is 119 cm³/mol. The van der Waals surface area contributed by atoms with E-state index in [0.29, 0.717) is 22.6 Å². The van der Waals surface area contributed by atoms with Crippen molar-refractivity contribution in [1.29, 1.82) is 0 Å². The van der Waals surface area contributed by atoms with Crippen molar-refractivity contribution in [2.45, 2.75) is 44.3 Å². The fourth-order valence-electron chi connectivity index (χ4n) is 5.61. The van der Waals surface area contributed by atoms with E-state index in [0.717, 1.165) is 36.8 Å². The number of halogens is 2. The molecule has 3 heterocycles. The van der Waals surface area contributed by atoms with Crippen LogP contribution < -0.4 is 15.6 Å². The van der Waals surface area contributed by atoms with Crippen LogP contribution in [0.5, 0.6) is 5.75 Å². The summed E-state index contributed by atoms with van der Waals surface area (Å²) in [6.45, 7) is -2.92. The average Bonchev–Trinajstić information content (AvgIpc) is 3.18. The number of benzene rings is 1. The zero-order valence-corrected chi connectivity index (χ0v) is 18.0. The van der Waals surface area contributed by atoms with E-state index in [1.54, 1.807) is 4.40 Å². The Labute approximate surface area is 192 Å². The van der Waals surface area contributed by atoms with Crippen LogP contribution in [-0.4, -0.2) is 38.1 Å². The van der Waals surface area contributed by atoms with Gasteiger partial charge in [0.2, 0.25) is 0 Å². The van der Waals surface area contributed by atoms with Gasteiger partial charge in [-0.05, 0) is 43.2 Å². The minimum absolute atomic E-state index is 0.00899. The molecule has 1 aromatic carbocycles. The van der Waals surface area contributed by atoms with Crippen molar-refractivity contribution in [3.8, 4) is 5.75 Å². The molecule has 2 aliphatic rings. The highest BCUT2D eigenvalue weighted by Crippen LogP contribution is 2.62. The summed E-state index contributed by atoms with van der Waals surface area (Å²) in [7, 11) is 0. The number of ether oxygens (including phenoxy) is 1. The Morgan fingerprint density at radius 1 is 1.18 bits per heavy atom. The van der Waals surface area contributed by atoms with E-state index in [4.69, 9.17) is 0 Å². The molecule has 8 nitrogen and oxygen atoms in total. The van der Waals surface area contributed by atoms with Gasteiger partial charge in [-0.25, -0.2) is 10.1 Å². The number of nitrogens with one attached hydrogen (secondary N) is 2. The molecule has 10 heteroatoms. The molecule has 1 amide bonds. The fraction of sp³-hybridized carbons (Fsp3) is 0.333. The van der Waals surface area contributed by atoms with Crippen LogP contribution >= 0.6 is 0 Å². The van der Waals surface area contributed by atoms with Gasteiger partial charge in [-0.15, -0.1) is 0 Å². The van der Waals surface area contributed by atoms with Crippen LogP contribution in [0.25, 0.3) is 16.4 Å². The summed E-state index contributed by atoms with van der Waals surface area (Å²) >= 11 is 0.